The number of aromatic nitrogens is 2. The second kappa shape index (κ2) is 5.50. The standard InChI is InChI=1S/C16H21N3O2/c1-10-13(16(21-3)19(2)18-10)9-17-15-12-7-5-4-6-11(12)8-14(15)20/h4-7,14-15,17,20H,8-9H2,1-3H3/t14-,15+/m0/s1. The predicted molar refractivity (Wildman–Crippen MR) is 80.2 cm³/mol. The van der Waals surface area contributed by atoms with Crippen LogP contribution in [0.1, 0.15) is 28.4 Å². The molecular formula is C16H21N3O2. The summed E-state index contributed by atoms with van der Waals surface area (Å²) >= 11 is 0. The summed E-state index contributed by atoms with van der Waals surface area (Å²) in [6.07, 6.45) is 0.321. The number of nitrogens with one attached hydrogen (secondary N) is 1. The number of aryl methyl sites for hydroxylation is 2. The van der Waals surface area contributed by atoms with Gasteiger partial charge in [-0.15, -0.1) is 0 Å². The maximum Gasteiger partial charge on any atom is 0.216 e. The zero-order valence-corrected chi connectivity index (χ0v) is 12.6. The number of hydrogen-bond acceptors (Lipinski definition) is 4. The Morgan fingerprint density at radius 2 is 2.19 bits per heavy atom. The highest BCUT2D eigenvalue weighted by atomic mass is 16.5. The van der Waals surface area contributed by atoms with Gasteiger partial charge in [-0.05, 0) is 18.1 Å². The molecule has 1 aliphatic carbocycles. The number of benzene rings is 1. The minimum absolute atomic E-state index is 0.0366. The van der Waals surface area contributed by atoms with Gasteiger partial charge in [-0.3, -0.25) is 0 Å². The largest absolute Gasteiger partial charge is 0.481 e. The van der Waals surface area contributed by atoms with Crippen molar-refractivity contribution >= 4 is 0 Å². The highest BCUT2D eigenvalue weighted by Gasteiger charge is 2.30. The first-order valence-electron chi connectivity index (χ1n) is 7.17. The zero-order valence-electron chi connectivity index (χ0n) is 12.6. The number of aliphatic hydroxyl groups is 1. The molecule has 2 atom stereocenters. The van der Waals surface area contributed by atoms with Crippen LogP contribution >= 0.6 is 0 Å². The quantitative estimate of drug-likeness (QED) is 0.894. The summed E-state index contributed by atoms with van der Waals surface area (Å²) in [4.78, 5) is 0. The van der Waals surface area contributed by atoms with Crippen LogP contribution in [0.2, 0.25) is 0 Å². The molecule has 0 fully saturated rings. The van der Waals surface area contributed by atoms with Gasteiger partial charge >= 0.3 is 0 Å². The van der Waals surface area contributed by atoms with E-state index >= 15 is 0 Å². The summed E-state index contributed by atoms with van der Waals surface area (Å²) in [6, 6.07) is 8.15. The molecule has 0 aliphatic heterocycles. The van der Waals surface area contributed by atoms with Crippen LogP contribution in [0.5, 0.6) is 5.88 Å². The Bertz CT molecular complexity index is 651. The fraction of sp³-hybridized carbons (Fsp3) is 0.438. The Morgan fingerprint density at radius 3 is 2.95 bits per heavy atom. The topological polar surface area (TPSA) is 59.3 Å². The second-order valence-electron chi connectivity index (χ2n) is 5.53. The van der Waals surface area contributed by atoms with Gasteiger partial charge in [0.25, 0.3) is 0 Å². The van der Waals surface area contributed by atoms with E-state index in [9.17, 15) is 5.11 Å². The number of nitrogens with zero attached hydrogens (tertiary/aromatic N) is 2. The molecule has 0 amide bonds. The van der Waals surface area contributed by atoms with Gasteiger partial charge in [0.2, 0.25) is 5.88 Å². The third-order valence-corrected chi connectivity index (χ3v) is 4.18. The Hall–Kier alpha value is -1.85. The van der Waals surface area contributed by atoms with Gasteiger partial charge in [-0.1, -0.05) is 24.3 Å². The van der Waals surface area contributed by atoms with Crippen LogP contribution in [0.15, 0.2) is 24.3 Å². The lowest BCUT2D eigenvalue weighted by atomic mass is 10.1. The molecule has 5 nitrogen and oxygen atoms in total. The molecule has 1 aliphatic rings. The monoisotopic (exact) mass is 287 g/mol. The Labute approximate surface area is 124 Å². The fourth-order valence-electron chi connectivity index (χ4n) is 3.17. The van der Waals surface area contributed by atoms with E-state index in [0.29, 0.717) is 13.0 Å². The Morgan fingerprint density at radius 1 is 1.43 bits per heavy atom. The summed E-state index contributed by atoms with van der Waals surface area (Å²) in [5.74, 6) is 0.765. The summed E-state index contributed by atoms with van der Waals surface area (Å²) < 4.78 is 7.15. The molecule has 1 aromatic carbocycles. The molecule has 1 heterocycles. The molecule has 0 unspecified atom stereocenters. The molecule has 112 valence electrons. The molecule has 2 aromatic rings. The maximum absolute atomic E-state index is 10.3. The van der Waals surface area contributed by atoms with Crippen LogP contribution in [-0.4, -0.2) is 28.1 Å². The van der Waals surface area contributed by atoms with E-state index in [4.69, 9.17) is 4.74 Å². The molecule has 1 aromatic heterocycles. The summed E-state index contributed by atoms with van der Waals surface area (Å²) in [7, 11) is 3.52. The van der Waals surface area contributed by atoms with E-state index in [-0.39, 0.29) is 12.1 Å². The van der Waals surface area contributed by atoms with Crippen LogP contribution in [0, 0.1) is 6.92 Å². The molecular weight excluding hydrogens is 266 g/mol. The van der Waals surface area contributed by atoms with Gasteiger partial charge in [0.05, 0.1) is 30.5 Å². The third kappa shape index (κ3) is 2.43. The summed E-state index contributed by atoms with van der Waals surface area (Å²) in [5.41, 5.74) is 4.39. The van der Waals surface area contributed by atoms with Crippen molar-refractivity contribution in [1.29, 1.82) is 0 Å². The van der Waals surface area contributed by atoms with Gasteiger partial charge in [-0.25, -0.2) is 4.68 Å². The number of rotatable bonds is 4. The minimum atomic E-state index is -0.384. The lowest BCUT2D eigenvalue weighted by Crippen LogP contribution is -2.28. The van der Waals surface area contributed by atoms with Crippen molar-refractivity contribution in [3.05, 3.63) is 46.6 Å². The highest BCUT2D eigenvalue weighted by molar-refractivity contribution is 5.37. The molecule has 0 spiro atoms. The van der Waals surface area contributed by atoms with Crippen LogP contribution in [0.25, 0.3) is 0 Å². The fourth-order valence-corrected chi connectivity index (χ4v) is 3.17. The molecule has 21 heavy (non-hydrogen) atoms. The number of methoxy groups -OCH3 is 1. The third-order valence-electron chi connectivity index (χ3n) is 4.18. The lowest BCUT2D eigenvalue weighted by molar-refractivity contribution is 0.140. The van der Waals surface area contributed by atoms with Crippen molar-refractivity contribution in [3.63, 3.8) is 0 Å². The van der Waals surface area contributed by atoms with Gasteiger partial charge < -0.3 is 15.2 Å². The number of hydrogen-bond donors (Lipinski definition) is 2. The molecule has 0 saturated heterocycles. The van der Waals surface area contributed by atoms with Crippen LogP contribution in [0.3, 0.4) is 0 Å². The van der Waals surface area contributed by atoms with Gasteiger partial charge in [0.1, 0.15) is 0 Å². The van der Waals surface area contributed by atoms with Gasteiger partial charge in [0, 0.05) is 20.0 Å². The maximum atomic E-state index is 10.3. The van der Waals surface area contributed by atoms with Crippen LogP contribution in [-0.2, 0) is 20.0 Å². The van der Waals surface area contributed by atoms with Crippen molar-refractivity contribution in [3.8, 4) is 5.88 Å². The van der Waals surface area contributed by atoms with Gasteiger partial charge in [-0.2, -0.15) is 5.10 Å². The number of fused-ring (bicyclic) bond motifs is 1. The van der Waals surface area contributed by atoms with E-state index in [1.165, 1.54) is 11.1 Å². The first kappa shape index (κ1) is 14.1. The summed E-state index contributed by atoms with van der Waals surface area (Å²) in [5, 5.41) is 18.1. The van der Waals surface area contributed by atoms with E-state index in [1.807, 2.05) is 26.1 Å². The van der Waals surface area contributed by atoms with E-state index < -0.39 is 0 Å². The normalized spacial score (nSPS) is 20.6. The Balaban J connectivity index is 1.80. The summed E-state index contributed by atoms with van der Waals surface area (Å²) in [6.45, 7) is 2.59. The van der Waals surface area contributed by atoms with Crippen LogP contribution < -0.4 is 10.1 Å². The first-order chi connectivity index (χ1) is 10.1. The average molecular weight is 287 g/mol. The molecule has 0 saturated carbocycles. The first-order valence-corrected chi connectivity index (χ1v) is 7.17. The van der Waals surface area contributed by atoms with E-state index in [2.05, 4.69) is 22.5 Å². The van der Waals surface area contributed by atoms with Crippen molar-refractivity contribution in [1.82, 2.24) is 15.1 Å². The van der Waals surface area contributed by atoms with E-state index in [0.717, 1.165) is 17.1 Å². The molecule has 0 bridgehead atoms. The highest BCUT2D eigenvalue weighted by Crippen LogP contribution is 2.32. The van der Waals surface area contributed by atoms with Crippen molar-refractivity contribution in [2.75, 3.05) is 7.11 Å². The Kier molecular flexibility index (Phi) is 3.69. The van der Waals surface area contributed by atoms with Crippen molar-refractivity contribution in [2.45, 2.75) is 32.0 Å². The number of ether oxygens (including phenoxy) is 1. The molecule has 0 radical (unpaired) electrons. The van der Waals surface area contributed by atoms with Crippen LogP contribution in [0.4, 0.5) is 0 Å². The zero-order chi connectivity index (χ0) is 15.0. The lowest BCUT2D eigenvalue weighted by Gasteiger charge is -2.18. The molecule has 5 heteroatoms. The predicted octanol–water partition coefficient (Wildman–Crippen LogP) is 1.49. The minimum Gasteiger partial charge on any atom is -0.481 e. The SMILES string of the molecule is COc1c(CN[C@@H]2c3ccccc3C[C@@H]2O)c(C)nn1C. The second-order valence-corrected chi connectivity index (χ2v) is 5.53. The van der Waals surface area contributed by atoms with Crippen molar-refractivity contribution < 1.29 is 9.84 Å². The molecule has 3 rings (SSSR count). The van der Waals surface area contributed by atoms with Gasteiger partial charge in [0.15, 0.2) is 0 Å². The number of aliphatic hydroxyl groups excluding tert-OH is 1. The van der Waals surface area contributed by atoms with E-state index in [1.54, 1.807) is 11.8 Å². The van der Waals surface area contributed by atoms with Crippen molar-refractivity contribution in [2.24, 2.45) is 7.05 Å². The smallest absolute Gasteiger partial charge is 0.216 e. The molecule has 2 N–H and O–H groups in total. The average Bonchev–Trinajstić information content (AvgIpc) is 2.92.